The lowest BCUT2D eigenvalue weighted by Crippen LogP contribution is -2.36. The molecule has 110 valence electrons. The molecule has 0 fully saturated rings. The number of thiocarbonyl (C=S) groups is 1. The lowest BCUT2D eigenvalue weighted by atomic mass is 10.1. The van der Waals surface area contributed by atoms with Gasteiger partial charge < -0.3 is 11.1 Å². The highest BCUT2D eigenvalue weighted by Gasteiger charge is 2.09. The zero-order valence-electron chi connectivity index (χ0n) is 11.8. The van der Waals surface area contributed by atoms with Crippen LogP contribution in [-0.4, -0.2) is 26.7 Å². The van der Waals surface area contributed by atoms with Crippen molar-refractivity contribution >= 4 is 23.1 Å². The molecule has 0 aliphatic heterocycles. The minimum atomic E-state index is -0.0160. The largest absolute Gasteiger partial charge is 0.389 e. The Morgan fingerprint density at radius 1 is 1.43 bits per heavy atom. The van der Waals surface area contributed by atoms with Gasteiger partial charge in [0.05, 0.1) is 13.0 Å². The number of nitrogens with two attached hydrogens (primary N) is 1. The second kappa shape index (κ2) is 6.99. The number of hydrogen-bond acceptors (Lipinski definition) is 3. The van der Waals surface area contributed by atoms with Gasteiger partial charge in [0.15, 0.2) is 0 Å². The summed E-state index contributed by atoms with van der Waals surface area (Å²) < 4.78 is 1.79. The average Bonchev–Trinajstić information content (AvgIpc) is 2.91. The van der Waals surface area contributed by atoms with Crippen LogP contribution in [0.25, 0.3) is 0 Å². The molecule has 3 N–H and O–H groups in total. The van der Waals surface area contributed by atoms with Crippen LogP contribution in [-0.2, 0) is 17.8 Å². The van der Waals surface area contributed by atoms with Crippen LogP contribution in [0.4, 0.5) is 0 Å². The van der Waals surface area contributed by atoms with Gasteiger partial charge in [-0.3, -0.25) is 9.48 Å². The van der Waals surface area contributed by atoms with E-state index in [1.165, 1.54) is 0 Å². The molecule has 0 radical (unpaired) electrons. The third-order valence-electron chi connectivity index (χ3n) is 3.03. The summed E-state index contributed by atoms with van der Waals surface area (Å²) in [6.07, 6.45) is 3.93. The van der Waals surface area contributed by atoms with E-state index in [4.69, 9.17) is 18.0 Å². The monoisotopic (exact) mass is 302 g/mol. The number of hydrogen-bond donors (Lipinski definition) is 2. The minimum absolute atomic E-state index is 0.0160. The maximum Gasteiger partial charge on any atom is 0.224 e. The molecule has 2 aromatic rings. The predicted molar refractivity (Wildman–Crippen MR) is 85.9 cm³/mol. The van der Waals surface area contributed by atoms with E-state index in [2.05, 4.69) is 10.4 Å². The summed E-state index contributed by atoms with van der Waals surface area (Å²) in [7, 11) is 0. The summed E-state index contributed by atoms with van der Waals surface area (Å²) in [5, 5.41) is 7.07. The van der Waals surface area contributed by atoms with Crippen LogP contribution >= 0.6 is 12.2 Å². The number of carbonyl (C=O) groups is 1. The Morgan fingerprint density at radius 3 is 2.71 bits per heavy atom. The van der Waals surface area contributed by atoms with E-state index in [1.54, 1.807) is 10.9 Å². The Bertz CT molecular complexity index is 607. The van der Waals surface area contributed by atoms with Gasteiger partial charge in [-0.2, -0.15) is 5.10 Å². The van der Waals surface area contributed by atoms with Crippen molar-refractivity contribution in [3.05, 3.63) is 53.9 Å². The first-order chi connectivity index (χ1) is 10.0. The van der Waals surface area contributed by atoms with Gasteiger partial charge in [-0.05, 0) is 18.6 Å². The van der Waals surface area contributed by atoms with Crippen LogP contribution in [0.15, 0.2) is 42.7 Å². The van der Waals surface area contributed by atoms with Gasteiger partial charge in [-0.15, -0.1) is 0 Å². The lowest BCUT2D eigenvalue weighted by Gasteiger charge is -2.14. The molecule has 5 nitrogen and oxygen atoms in total. The van der Waals surface area contributed by atoms with Gasteiger partial charge in [0.25, 0.3) is 0 Å². The Kier molecular flexibility index (Phi) is 5.05. The summed E-state index contributed by atoms with van der Waals surface area (Å²) in [4.78, 5) is 12.3. The van der Waals surface area contributed by atoms with Crippen molar-refractivity contribution in [1.29, 1.82) is 0 Å². The number of nitrogens with one attached hydrogen (secondary N) is 1. The predicted octanol–water partition coefficient (Wildman–Crippen LogP) is 1.26. The molecule has 1 amide bonds. The molecule has 0 spiro atoms. The molecule has 0 saturated carbocycles. The van der Waals surface area contributed by atoms with Crippen LogP contribution in [0, 0.1) is 0 Å². The summed E-state index contributed by atoms with van der Waals surface area (Å²) in [5.41, 5.74) is 7.28. The van der Waals surface area contributed by atoms with Crippen molar-refractivity contribution in [3.63, 3.8) is 0 Å². The SMILES string of the molecule is CC(Cn1cccn1)NC(=O)Cc1ccc(C(N)=S)cc1. The lowest BCUT2D eigenvalue weighted by molar-refractivity contribution is -0.121. The van der Waals surface area contributed by atoms with Crippen molar-refractivity contribution in [1.82, 2.24) is 15.1 Å². The molecule has 0 aliphatic rings. The summed E-state index contributed by atoms with van der Waals surface area (Å²) in [5.74, 6) is -0.0160. The fourth-order valence-corrected chi connectivity index (χ4v) is 2.17. The molecule has 1 heterocycles. The van der Waals surface area contributed by atoms with Crippen molar-refractivity contribution in [2.45, 2.75) is 25.9 Å². The van der Waals surface area contributed by atoms with Crippen LogP contribution < -0.4 is 11.1 Å². The molecule has 0 bridgehead atoms. The number of amides is 1. The van der Waals surface area contributed by atoms with Crippen LogP contribution in [0.5, 0.6) is 0 Å². The zero-order valence-corrected chi connectivity index (χ0v) is 12.6. The van der Waals surface area contributed by atoms with E-state index < -0.39 is 0 Å². The molecule has 0 saturated heterocycles. The normalized spacial score (nSPS) is 11.9. The van der Waals surface area contributed by atoms with Crippen molar-refractivity contribution in [2.24, 2.45) is 5.73 Å². The highest BCUT2D eigenvalue weighted by molar-refractivity contribution is 7.80. The molecule has 1 aromatic heterocycles. The first kappa shape index (κ1) is 15.2. The average molecular weight is 302 g/mol. The number of nitrogens with zero attached hydrogens (tertiary/aromatic N) is 2. The van der Waals surface area contributed by atoms with Crippen molar-refractivity contribution < 1.29 is 4.79 Å². The van der Waals surface area contributed by atoms with Crippen molar-refractivity contribution in [3.8, 4) is 0 Å². The third kappa shape index (κ3) is 4.68. The maximum atomic E-state index is 12.0. The number of benzene rings is 1. The molecular weight excluding hydrogens is 284 g/mol. The number of aromatic nitrogens is 2. The molecule has 1 unspecified atom stereocenters. The van der Waals surface area contributed by atoms with Gasteiger partial charge in [0.1, 0.15) is 4.99 Å². The van der Waals surface area contributed by atoms with Gasteiger partial charge in [-0.25, -0.2) is 0 Å². The standard InChI is InChI=1S/C15H18N4OS/c1-11(10-19-8-2-7-17-19)18-14(20)9-12-3-5-13(6-4-12)15(16)21/h2-8,11H,9-10H2,1H3,(H2,16,21)(H,18,20). The van der Waals surface area contributed by atoms with Gasteiger partial charge in [-0.1, -0.05) is 36.5 Å². The first-order valence-corrected chi connectivity index (χ1v) is 7.11. The van der Waals surface area contributed by atoms with E-state index in [0.29, 0.717) is 18.0 Å². The van der Waals surface area contributed by atoms with Crippen LogP contribution in [0.1, 0.15) is 18.1 Å². The minimum Gasteiger partial charge on any atom is -0.389 e. The fraction of sp³-hybridized carbons (Fsp3) is 0.267. The Labute approximate surface area is 129 Å². The fourth-order valence-electron chi connectivity index (χ4n) is 2.03. The van der Waals surface area contributed by atoms with Gasteiger partial charge in [0.2, 0.25) is 5.91 Å². The van der Waals surface area contributed by atoms with E-state index >= 15 is 0 Å². The van der Waals surface area contributed by atoms with E-state index in [-0.39, 0.29) is 11.9 Å². The van der Waals surface area contributed by atoms with Gasteiger partial charge >= 0.3 is 0 Å². The molecule has 0 aliphatic carbocycles. The van der Waals surface area contributed by atoms with E-state index in [0.717, 1.165) is 11.1 Å². The second-order valence-electron chi connectivity index (χ2n) is 4.93. The van der Waals surface area contributed by atoms with Crippen molar-refractivity contribution in [2.75, 3.05) is 0 Å². The summed E-state index contributed by atoms with van der Waals surface area (Å²) in [6.45, 7) is 2.61. The summed E-state index contributed by atoms with van der Waals surface area (Å²) >= 11 is 4.90. The smallest absolute Gasteiger partial charge is 0.224 e. The Balaban J connectivity index is 1.84. The molecule has 2 rings (SSSR count). The Morgan fingerprint density at radius 2 is 2.14 bits per heavy atom. The highest BCUT2D eigenvalue weighted by atomic mass is 32.1. The molecule has 1 aromatic carbocycles. The quantitative estimate of drug-likeness (QED) is 0.788. The van der Waals surface area contributed by atoms with E-state index in [1.807, 2.05) is 43.5 Å². The number of rotatable bonds is 6. The Hall–Kier alpha value is -2.21. The third-order valence-corrected chi connectivity index (χ3v) is 3.27. The number of carbonyl (C=O) groups excluding carboxylic acids is 1. The summed E-state index contributed by atoms with van der Waals surface area (Å²) in [6, 6.07) is 9.28. The zero-order chi connectivity index (χ0) is 15.2. The first-order valence-electron chi connectivity index (χ1n) is 6.70. The maximum absolute atomic E-state index is 12.0. The molecular formula is C15H18N4OS. The van der Waals surface area contributed by atoms with Crippen LogP contribution in [0.3, 0.4) is 0 Å². The molecule has 1 atom stereocenters. The molecule has 6 heteroatoms. The second-order valence-corrected chi connectivity index (χ2v) is 5.37. The highest BCUT2D eigenvalue weighted by Crippen LogP contribution is 2.05. The topological polar surface area (TPSA) is 72.9 Å². The van der Waals surface area contributed by atoms with Crippen LogP contribution in [0.2, 0.25) is 0 Å². The van der Waals surface area contributed by atoms with Gasteiger partial charge in [0, 0.05) is 24.0 Å². The van der Waals surface area contributed by atoms with E-state index in [9.17, 15) is 4.79 Å². The molecule has 21 heavy (non-hydrogen) atoms.